The highest BCUT2D eigenvalue weighted by molar-refractivity contribution is 5.58. The van der Waals surface area contributed by atoms with Crippen molar-refractivity contribution in [1.29, 1.82) is 0 Å². The Labute approximate surface area is 75.9 Å². The minimum Gasteiger partial charge on any atom is -0.394 e. The second kappa shape index (κ2) is 6.01. The van der Waals surface area contributed by atoms with Crippen LogP contribution in [-0.2, 0) is 9.53 Å². The Bertz CT molecular complexity index is 154. The molecule has 0 aliphatic carbocycles. The number of aldehydes is 1. The molecule has 0 spiro atoms. The SMILES string of the molecule is CO[C@@H]([C@H](O)[C@@H](N)C=O)[C@H](O)CO. The van der Waals surface area contributed by atoms with E-state index in [1.165, 1.54) is 7.11 Å². The minimum absolute atomic E-state index is 0.348. The van der Waals surface area contributed by atoms with Crippen molar-refractivity contribution in [3.8, 4) is 0 Å². The average molecular weight is 193 g/mol. The number of carbonyl (C=O) groups is 1. The molecule has 0 aromatic carbocycles. The number of rotatable bonds is 6. The molecular formula is C7H15NO5. The molecule has 0 aliphatic heterocycles. The van der Waals surface area contributed by atoms with E-state index >= 15 is 0 Å². The second-order valence-electron chi connectivity index (χ2n) is 2.65. The zero-order valence-corrected chi connectivity index (χ0v) is 7.33. The normalized spacial score (nSPS) is 20.4. The van der Waals surface area contributed by atoms with Crippen LogP contribution in [-0.4, -0.2) is 59.7 Å². The third kappa shape index (κ3) is 3.37. The maximum absolute atomic E-state index is 10.2. The fourth-order valence-electron chi connectivity index (χ4n) is 0.928. The van der Waals surface area contributed by atoms with E-state index in [0.717, 1.165) is 0 Å². The van der Waals surface area contributed by atoms with E-state index in [0.29, 0.717) is 6.29 Å². The van der Waals surface area contributed by atoms with Crippen molar-refractivity contribution < 1.29 is 24.9 Å². The molecule has 0 aromatic rings. The second-order valence-corrected chi connectivity index (χ2v) is 2.65. The lowest BCUT2D eigenvalue weighted by Gasteiger charge is -2.26. The maximum atomic E-state index is 10.2. The van der Waals surface area contributed by atoms with E-state index in [1.54, 1.807) is 0 Å². The molecular weight excluding hydrogens is 178 g/mol. The Morgan fingerprint density at radius 2 is 2.08 bits per heavy atom. The van der Waals surface area contributed by atoms with Crippen molar-refractivity contribution in [2.75, 3.05) is 13.7 Å². The van der Waals surface area contributed by atoms with E-state index in [4.69, 9.17) is 15.9 Å². The van der Waals surface area contributed by atoms with Crippen molar-refractivity contribution in [3.05, 3.63) is 0 Å². The van der Waals surface area contributed by atoms with E-state index in [2.05, 4.69) is 4.74 Å². The Kier molecular flexibility index (Phi) is 5.76. The third-order valence-electron chi connectivity index (χ3n) is 1.73. The van der Waals surface area contributed by atoms with Crippen LogP contribution in [0.25, 0.3) is 0 Å². The van der Waals surface area contributed by atoms with Crippen LogP contribution in [0.4, 0.5) is 0 Å². The van der Waals surface area contributed by atoms with Crippen LogP contribution in [0.1, 0.15) is 0 Å². The number of hydrogen-bond donors (Lipinski definition) is 4. The van der Waals surface area contributed by atoms with Gasteiger partial charge in [0.15, 0.2) is 0 Å². The van der Waals surface area contributed by atoms with E-state index in [-0.39, 0.29) is 0 Å². The van der Waals surface area contributed by atoms with Crippen LogP contribution in [0.2, 0.25) is 0 Å². The highest BCUT2D eigenvalue weighted by Gasteiger charge is 2.30. The summed E-state index contributed by atoms with van der Waals surface area (Å²) >= 11 is 0. The molecule has 0 amide bonds. The van der Waals surface area contributed by atoms with Gasteiger partial charge >= 0.3 is 0 Å². The van der Waals surface area contributed by atoms with Crippen molar-refractivity contribution in [1.82, 2.24) is 0 Å². The third-order valence-corrected chi connectivity index (χ3v) is 1.73. The topological polar surface area (TPSA) is 113 Å². The molecule has 0 saturated carbocycles. The summed E-state index contributed by atoms with van der Waals surface area (Å²) in [4.78, 5) is 10.2. The number of carbonyl (C=O) groups excluding carboxylic acids is 1. The standard InChI is InChI=1S/C7H15NO5/c1-13-7(5(11)3-10)6(12)4(8)2-9/h2,4-7,10-12H,3,8H2,1H3/t4-,5+,6+,7+/m0/s1. The van der Waals surface area contributed by atoms with Crippen molar-refractivity contribution in [2.24, 2.45) is 5.73 Å². The Morgan fingerprint density at radius 3 is 2.38 bits per heavy atom. The zero-order valence-electron chi connectivity index (χ0n) is 7.33. The summed E-state index contributed by atoms with van der Waals surface area (Å²) in [6.45, 7) is -0.568. The minimum atomic E-state index is -1.33. The van der Waals surface area contributed by atoms with Gasteiger partial charge in [0.1, 0.15) is 24.6 Å². The van der Waals surface area contributed by atoms with Gasteiger partial charge in [0, 0.05) is 7.11 Å². The first-order chi connectivity index (χ1) is 6.08. The lowest BCUT2D eigenvalue weighted by molar-refractivity contribution is -0.122. The molecule has 0 fully saturated rings. The van der Waals surface area contributed by atoms with Gasteiger partial charge in [-0.05, 0) is 0 Å². The molecule has 0 heterocycles. The van der Waals surface area contributed by atoms with E-state index in [9.17, 15) is 9.90 Å². The van der Waals surface area contributed by atoms with Gasteiger partial charge in [-0.3, -0.25) is 0 Å². The maximum Gasteiger partial charge on any atom is 0.139 e. The molecule has 0 bridgehead atoms. The predicted octanol–water partition coefficient (Wildman–Crippen LogP) is -2.76. The van der Waals surface area contributed by atoms with Gasteiger partial charge in [0.05, 0.1) is 12.6 Å². The molecule has 6 heteroatoms. The Morgan fingerprint density at radius 1 is 1.54 bits per heavy atom. The van der Waals surface area contributed by atoms with Gasteiger partial charge in [-0.15, -0.1) is 0 Å². The molecule has 5 N–H and O–H groups in total. The summed E-state index contributed by atoms with van der Waals surface area (Å²) in [5, 5.41) is 27.0. The predicted molar refractivity (Wildman–Crippen MR) is 43.9 cm³/mol. The number of aliphatic hydroxyl groups is 3. The summed E-state index contributed by atoms with van der Waals surface area (Å²) in [6.07, 6.45) is -3.30. The number of aliphatic hydroxyl groups excluding tert-OH is 3. The molecule has 0 radical (unpaired) electrons. The lowest BCUT2D eigenvalue weighted by Crippen LogP contribution is -2.50. The molecule has 6 nitrogen and oxygen atoms in total. The van der Waals surface area contributed by atoms with Crippen LogP contribution < -0.4 is 5.73 Å². The summed E-state index contributed by atoms with van der Waals surface area (Å²) in [5.74, 6) is 0. The van der Waals surface area contributed by atoms with Gasteiger partial charge in [0.2, 0.25) is 0 Å². The highest BCUT2D eigenvalue weighted by atomic mass is 16.5. The first kappa shape index (κ1) is 12.5. The molecule has 0 aliphatic rings. The first-order valence-electron chi connectivity index (χ1n) is 3.79. The Hall–Kier alpha value is -0.530. The number of hydrogen-bond acceptors (Lipinski definition) is 6. The molecule has 0 rings (SSSR count). The summed E-state index contributed by atoms with van der Waals surface area (Å²) in [7, 11) is 1.24. The van der Waals surface area contributed by atoms with Gasteiger partial charge in [0.25, 0.3) is 0 Å². The number of methoxy groups -OCH3 is 1. The van der Waals surface area contributed by atoms with Gasteiger partial charge in [-0.25, -0.2) is 0 Å². The molecule has 4 atom stereocenters. The van der Waals surface area contributed by atoms with Gasteiger partial charge in [-0.2, -0.15) is 0 Å². The fraction of sp³-hybridized carbons (Fsp3) is 0.857. The highest BCUT2D eigenvalue weighted by Crippen LogP contribution is 2.06. The van der Waals surface area contributed by atoms with Crippen LogP contribution >= 0.6 is 0 Å². The van der Waals surface area contributed by atoms with Crippen LogP contribution in [0, 0.1) is 0 Å². The van der Waals surface area contributed by atoms with Crippen molar-refractivity contribution in [2.45, 2.75) is 24.4 Å². The molecule has 0 saturated heterocycles. The molecule has 78 valence electrons. The van der Waals surface area contributed by atoms with Gasteiger partial charge in [-0.1, -0.05) is 0 Å². The van der Waals surface area contributed by atoms with Crippen LogP contribution in [0.5, 0.6) is 0 Å². The summed E-state index contributed by atoms with van der Waals surface area (Å²) in [6, 6.07) is -1.13. The largest absolute Gasteiger partial charge is 0.394 e. The Balaban J connectivity index is 4.29. The quantitative estimate of drug-likeness (QED) is 0.340. The fourth-order valence-corrected chi connectivity index (χ4v) is 0.928. The number of ether oxygens (including phenoxy) is 1. The number of nitrogens with two attached hydrogens (primary N) is 1. The summed E-state index contributed by atoms with van der Waals surface area (Å²) in [5.41, 5.74) is 5.19. The van der Waals surface area contributed by atoms with Crippen molar-refractivity contribution >= 4 is 6.29 Å². The smallest absolute Gasteiger partial charge is 0.139 e. The molecule has 0 unspecified atom stereocenters. The lowest BCUT2D eigenvalue weighted by atomic mass is 10.0. The van der Waals surface area contributed by atoms with E-state index < -0.39 is 31.0 Å². The van der Waals surface area contributed by atoms with Crippen molar-refractivity contribution in [3.63, 3.8) is 0 Å². The van der Waals surface area contributed by atoms with Crippen LogP contribution in [0.15, 0.2) is 0 Å². The van der Waals surface area contributed by atoms with E-state index in [1.807, 2.05) is 0 Å². The van der Waals surface area contributed by atoms with Crippen LogP contribution in [0.3, 0.4) is 0 Å². The first-order valence-corrected chi connectivity index (χ1v) is 3.79. The molecule has 0 aromatic heterocycles. The average Bonchev–Trinajstić information content (AvgIpc) is 2.17. The summed E-state index contributed by atoms with van der Waals surface area (Å²) < 4.78 is 4.69. The molecule has 13 heavy (non-hydrogen) atoms. The monoisotopic (exact) mass is 193 g/mol. The zero-order chi connectivity index (χ0) is 10.4. The van der Waals surface area contributed by atoms with Gasteiger partial charge < -0.3 is 30.6 Å².